The summed E-state index contributed by atoms with van der Waals surface area (Å²) in [6.07, 6.45) is 3.61. The number of hydrogen-bond acceptors (Lipinski definition) is 3. The zero-order valence-corrected chi connectivity index (χ0v) is 13.1. The fourth-order valence-electron chi connectivity index (χ4n) is 2.82. The summed E-state index contributed by atoms with van der Waals surface area (Å²) in [7, 11) is 0. The van der Waals surface area contributed by atoms with Gasteiger partial charge in [-0.3, -0.25) is 0 Å². The average molecular weight is 302 g/mol. The van der Waals surface area contributed by atoms with E-state index in [-0.39, 0.29) is 0 Å². The van der Waals surface area contributed by atoms with Crippen molar-refractivity contribution in [1.82, 2.24) is 0 Å². The van der Waals surface area contributed by atoms with E-state index in [2.05, 4.69) is 35.8 Å². The smallest absolute Gasteiger partial charge is 0.106 e. The van der Waals surface area contributed by atoms with Crippen LogP contribution in [0.2, 0.25) is 0 Å². The summed E-state index contributed by atoms with van der Waals surface area (Å²) in [6, 6.07) is 8.82. The third kappa shape index (κ3) is 2.58. The van der Waals surface area contributed by atoms with Crippen molar-refractivity contribution in [1.29, 1.82) is 0 Å². The standard InChI is InChI=1S/C16H18N2S2/c1-10-5-6-12(16(17)19)14(9-10)18-13-3-2-4-15-11(13)7-8-20-15/h5-9,13,18H,2-4H2,1H3,(H2,17,19). The highest BCUT2D eigenvalue weighted by atomic mass is 32.1. The molecular weight excluding hydrogens is 284 g/mol. The lowest BCUT2D eigenvalue weighted by molar-refractivity contribution is 0.609. The first kappa shape index (κ1) is 13.6. The number of thiocarbonyl (C=S) groups is 1. The third-order valence-electron chi connectivity index (χ3n) is 3.82. The normalized spacial score (nSPS) is 17.6. The lowest BCUT2D eigenvalue weighted by atomic mass is 9.93. The summed E-state index contributed by atoms with van der Waals surface area (Å²) in [5.41, 5.74) is 10.5. The SMILES string of the molecule is Cc1ccc(C(N)=S)c(NC2CCCc3sccc32)c1. The molecule has 3 N–H and O–H groups in total. The maximum absolute atomic E-state index is 5.84. The van der Waals surface area contributed by atoms with Crippen LogP contribution in [0.5, 0.6) is 0 Å². The number of nitrogens with one attached hydrogen (secondary N) is 1. The van der Waals surface area contributed by atoms with E-state index in [1.165, 1.54) is 28.8 Å². The third-order valence-corrected chi connectivity index (χ3v) is 5.04. The van der Waals surface area contributed by atoms with Gasteiger partial charge >= 0.3 is 0 Å². The summed E-state index contributed by atoms with van der Waals surface area (Å²) in [5.74, 6) is 0. The van der Waals surface area contributed by atoms with Crippen LogP contribution < -0.4 is 11.1 Å². The molecule has 0 radical (unpaired) electrons. The molecule has 0 spiro atoms. The van der Waals surface area contributed by atoms with Gasteiger partial charge in [0.05, 0.1) is 6.04 Å². The Labute approximate surface area is 129 Å². The molecule has 0 aliphatic heterocycles. The summed E-state index contributed by atoms with van der Waals surface area (Å²) in [6.45, 7) is 2.09. The second kappa shape index (κ2) is 5.54. The van der Waals surface area contributed by atoms with Crippen LogP contribution in [-0.4, -0.2) is 4.99 Å². The Morgan fingerprint density at radius 3 is 3.05 bits per heavy atom. The highest BCUT2D eigenvalue weighted by Crippen LogP contribution is 2.36. The molecule has 3 rings (SSSR count). The van der Waals surface area contributed by atoms with E-state index in [0.717, 1.165) is 17.7 Å². The fourth-order valence-corrected chi connectivity index (χ4v) is 3.98. The van der Waals surface area contributed by atoms with E-state index in [1.54, 1.807) is 0 Å². The molecule has 1 unspecified atom stereocenters. The zero-order chi connectivity index (χ0) is 14.1. The van der Waals surface area contributed by atoms with Crippen LogP contribution in [0.3, 0.4) is 0 Å². The van der Waals surface area contributed by atoms with Gasteiger partial charge in [-0.15, -0.1) is 11.3 Å². The predicted molar refractivity (Wildman–Crippen MR) is 90.7 cm³/mol. The number of aryl methyl sites for hydroxylation is 2. The molecule has 2 aromatic rings. The van der Waals surface area contributed by atoms with Crippen molar-refractivity contribution in [3.8, 4) is 0 Å². The number of anilines is 1. The lowest BCUT2D eigenvalue weighted by Crippen LogP contribution is -2.19. The van der Waals surface area contributed by atoms with Crippen molar-refractivity contribution in [2.24, 2.45) is 5.73 Å². The Hall–Kier alpha value is -1.39. The van der Waals surface area contributed by atoms with Gasteiger partial charge in [-0.05, 0) is 60.9 Å². The van der Waals surface area contributed by atoms with Crippen LogP contribution >= 0.6 is 23.6 Å². The molecule has 104 valence electrons. The number of rotatable bonds is 3. The van der Waals surface area contributed by atoms with Crippen molar-refractivity contribution < 1.29 is 0 Å². The predicted octanol–water partition coefficient (Wildman–Crippen LogP) is 4.18. The first-order valence-corrected chi connectivity index (χ1v) is 8.17. The first-order valence-electron chi connectivity index (χ1n) is 6.88. The van der Waals surface area contributed by atoms with Crippen molar-refractivity contribution in [2.75, 3.05) is 5.32 Å². The highest BCUT2D eigenvalue weighted by Gasteiger charge is 2.22. The van der Waals surface area contributed by atoms with E-state index in [4.69, 9.17) is 18.0 Å². The van der Waals surface area contributed by atoms with Gasteiger partial charge in [0.2, 0.25) is 0 Å². The molecule has 0 bridgehead atoms. The summed E-state index contributed by atoms with van der Waals surface area (Å²) in [5, 5.41) is 5.84. The van der Waals surface area contributed by atoms with Crippen LogP contribution in [0, 0.1) is 6.92 Å². The quantitative estimate of drug-likeness (QED) is 0.835. The van der Waals surface area contributed by atoms with E-state index < -0.39 is 0 Å². The number of fused-ring (bicyclic) bond motifs is 1. The van der Waals surface area contributed by atoms with Crippen LogP contribution in [-0.2, 0) is 6.42 Å². The Balaban J connectivity index is 1.93. The molecule has 1 aromatic heterocycles. The molecule has 0 saturated carbocycles. The Morgan fingerprint density at radius 1 is 1.40 bits per heavy atom. The molecule has 1 aromatic carbocycles. The monoisotopic (exact) mass is 302 g/mol. The number of benzene rings is 1. The van der Waals surface area contributed by atoms with E-state index in [0.29, 0.717) is 11.0 Å². The summed E-state index contributed by atoms with van der Waals surface area (Å²) < 4.78 is 0. The van der Waals surface area contributed by atoms with Gasteiger partial charge in [0.25, 0.3) is 0 Å². The van der Waals surface area contributed by atoms with E-state index in [9.17, 15) is 0 Å². The lowest BCUT2D eigenvalue weighted by Gasteiger charge is -2.26. The second-order valence-corrected chi connectivity index (χ2v) is 6.74. The topological polar surface area (TPSA) is 38.0 Å². The van der Waals surface area contributed by atoms with Crippen LogP contribution in [0.4, 0.5) is 5.69 Å². The Kier molecular flexibility index (Phi) is 3.76. The van der Waals surface area contributed by atoms with E-state index >= 15 is 0 Å². The minimum absolute atomic E-state index is 0.375. The number of thiophene rings is 1. The minimum Gasteiger partial charge on any atom is -0.389 e. The van der Waals surface area contributed by atoms with Crippen molar-refractivity contribution in [3.05, 3.63) is 51.2 Å². The number of hydrogen-bond donors (Lipinski definition) is 2. The molecule has 0 amide bonds. The molecular formula is C16H18N2S2. The molecule has 1 aliphatic rings. The maximum atomic E-state index is 5.84. The molecule has 20 heavy (non-hydrogen) atoms. The van der Waals surface area contributed by atoms with Crippen LogP contribution in [0.1, 0.15) is 40.5 Å². The van der Waals surface area contributed by atoms with Crippen molar-refractivity contribution in [2.45, 2.75) is 32.2 Å². The number of nitrogens with two attached hydrogens (primary N) is 1. The van der Waals surface area contributed by atoms with Gasteiger partial charge < -0.3 is 11.1 Å². The van der Waals surface area contributed by atoms with Gasteiger partial charge in [0.1, 0.15) is 4.99 Å². The summed E-state index contributed by atoms with van der Waals surface area (Å²) in [4.78, 5) is 1.96. The Bertz CT molecular complexity index is 646. The van der Waals surface area contributed by atoms with Gasteiger partial charge in [0, 0.05) is 16.1 Å². The molecule has 1 aliphatic carbocycles. The zero-order valence-electron chi connectivity index (χ0n) is 11.5. The van der Waals surface area contributed by atoms with Crippen LogP contribution in [0.15, 0.2) is 29.6 Å². The van der Waals surface area contributed by atoms with Crippen molar-refractivity contribution in [3.63, 3.8) is 0 Å². The Morgan fingerprint density at radius 2 is 2.25 bits per heavy atom. The maximum Gasteiger partial charge on any atom is 0.106 e. The fraction of sp³-hybridized carbons (Fsp3) is 0.312. The van der Waals surface area contributed by atoms with Gasteiger partial charge in [-0.1, -0.05) is 18.3 Å². The average Bonchev–Trinajstić information content (AvgIpc) is 2.88. The molecule has 1 atom stereocenters. The first-order chi connectivity index (χ1) is 9.65. The van der Waals surface area contributed by atoms with Crippen molar-refractivity contribution >= 4 is 34.2 Å². The molecule has 4 heteroatoms. The second-order valence-electron chi connectivity index (χ2n) is 5.30. The van der Waals surface area contributed by atoms with Gasteiger partial charge in [0.15, 0.2) is 0 Å². The molecule has 2 nitrogen and oxygen atoms in total. The molecule has 0 saturated heterocycles. The highest BCUT2D eigenvalue weighted by molar-refractivity contribution is 7.80. The largest absolute Gasteiger partial charge is 0.389 e. The molecule has 1 heterocycles. The summed E-state index contributed by atoms with van der Waals surface area (Å²) >= 11 is 7.02. The van der Waals surface area contributed by atoms with Crippen LogP contribution in [0.25, 0.3) is 0 Å². The van der Waals surface area contributed by atoms with Gasteiger partial charge in [-0.25, -0.2) is 0 Å². The molecule has 0 fully saturated rings. The van der Waals surface area contributed by atoms with Gasteiger partial charge in [-0.2, -0.15) is 0 Å². The van der Waals surface area contributed by atoms with E-state index in [1.807, 2.05) is 17.4 Å². The minimum atomic E-state index is 0.375.